The Morgan fingerprint density at radius 1 is 1.00 bits per heavy atom. The lowest BCUT2D eigenvalue weighted by Gasteiger charge is -2.40. The molecule has 14 heavy (non-hydrogen) atoms. The number of alkyl halides is 1. The first kappa shape index (κ1) is 13.9. The van der Waals surface area contributed by atoms with Crippen LogP contribution in [-0.4, -0.2) is 5.67 Å². The Kier molecular flexibility index (Phi) is 5.11. The van der Waals surface area contributed by atoms with Gasteiger partial charge in [-0.05, 0) is 30.6 Å². The van der Waals surface area contributed by atoms with Crippen LogP contribution in [0.4, 0.5) is 4.39 Å². The van der Waals surface area contributed by atoms with E-state index in [1.165, 1.54) is 0 Å². The van der Waals surface area contributed by atoms with Crippen molar-refractivity contribution in [2.24, 2.45) is 23.7 Å². The molecule has 0 fully saturated rings. The molecule has 0 aromatic heterocycles. The maximum Gasteiger partial charge on any atom is 0.114 e. The third-order valence-corrected chi connectivity index (χ3v) is 3.66. The first-order chi connectivity index (χ1) is 6.25. The van der Waals surface area contributed by atoms with Gasteiger partial charge in [-0.3, -0.25) is 0 Å². The summed E-state index contributed by atoms with van der Waals surface area (Å²) in [5.41, 5.74) is -1.03. The van der Waals surface area contributed by atoms with Crippen LogP contribution < -0.4 is 0 Å². The smallest absolute Gasteiger partial charge is 0.114 e. The Morgan fingerprint density at radius 2 is 1.36 bits per heavy atom. The van der Waals surface area contributed by atoms with Crippen LogP contribution in [0.1, 0.15) is 54.9 Å². The van der Waals surface area contributed by atoms with Crippen LogP contribution >= 0.6 is 0 Å². The molecule has 0 radical (unpaired) electrons. The standard InChI is InChI=1S/C13H27F/c1-8-11(6)13(7,14)12(9(2)3)10(4)5/h9-12H,8H2,1-7H3/t11?,13-/m0/s1. The molecule has 0 heterocycles. The van der Waals surface area contributed by atoms with Crippen molar-refractivity contribution in [1.82, 2.24) is 0 Å². The second-order valence-corrected chi connectivity index (χ2v) is 5.47. The second kappa shape index (κ2) is 5.14. The summed E-state index contributed by atoms with van der Waals surface area (Å²) in [4.78, 5) is 0. The monoisotopic (exact) mass is 202 g/mol. The van der Waals surface area contributed by atoms with Gasteiger partial charge < -0.3 is 0 Å². The van der Waals surface area contributed by atoms with Crippen molar-refractivity contribution >= 4 is 0 Å². The molecule has 0 N–H and O–H groups in total. The van der Waals surface area contributed by atoms with Crippen molar-refractivity contribution in [2.45, 2.75) is 60.6 Å². The van der Waals surface area contributed by atoms with E-state index < -0.39 is 5.67 Å². The van der Waals surface area contributed by atoms with Crippen molar-refractivity contribution in [3.8, 4) is 0 Å². The van der Waals surface area contributed by atoms with Crippen molar-refractivity contribution in [2.75, 3.05) is 0 Å². The van der Waals surface area contributed by atoms with Gasteiger partial charge >= 0.3 is 0 Å². The van der Waals surface area contributed by atoms with Crippen LogP contribution in [0.3, 0.4) is 0 Å². The zero-order chi connectivity index (χ0) is 11.5. The van der Waals surface area contributed by atoms with E-state index in [0.29, 0.717) is 11.8 Å². The molecule has 0 saturated carbocycles. The highest BCUT2D eigenvalue weighted by Gasteiger charge is 2.41. The summed E-state index contributed by atoms with van der Waals surface area (Å²) >= 11 is 0. The average Bonchev–Trinajstić information content (AvgIpc) is 2.00. The van der Waals surface area contributed by atoms with Crippen molar-refractivity contribution in [3.05, 3.63) is 0 Å². The van der Waals surface area contributed by atoms with Crippen LogP contribution in [0.5, 0.6) is 0 Å². The minimum absolute atomic E-state index is 0.150. The van der Waals surface area contributed by atoms with E-state index in [2.05, 4.69) is 34.6 Å². The minimum atomic E-state index is -1.03. The molecule has 0 amide bonds. The van der Waals surface area contributed by atoms with Crippen LogP contribution in [0, 0.1) is 23.7 Å². The van der Waals surface area contributed by atoms with Crippen molar-refractivity contribution in [1.29, 1.82) is 0 Å². The molecular weight excluding hydrogens is 175 g/mol. The molecule has 0 aromatic carbocycles. The molecule has 86 valence electrons. The minimum Gasteiger partial charge on any atom is -0.244 e. The highest BCUT2D eigenvalue weighted by Crippen LogP contribution is 2.40. The van der Waals surface area contributed by atoms with E-state index in [-0.39, 0.29) is 11.8 Å². The first-order valence-corrected chi connectivity index (χ1v) is 5.94. The van der Waals surface area contributed by atoms with Gasteiger partial charge in [0, 0.05) is 0 Å². The number of halogens is 1. The Balaban J connectivity index is 4.80. The third kappa shape index (κ3) is 2.96. The zero-order valence-corrected chi connectivity index (χ0v) is 10.9. The van der Waals surface area contributed by atoms with Crippen LogP contribution in [0.25, 0.3) is 0 Å². The van der Waals surface area contributed by atoms with Gasteiger partial charge in [-0.25, -0.2) is 4.39 Å². The molecule has 0 nitrogen and oxygen atoms in total. The lowest BCUT2D eigenvalue weighted by atomic mass is 9.69. The summed E-state index contributed by atoms with van der Waals surface area (Å²) in [7, 11) is 0. The summed E-state index contributed by atoms with van der Waals surface area (Å²) in [6.45, 7) is 14.4. The maximum absolute atomic E-state index is 14.7. The predicted octanol–water partition coefficient (Wildman–Crippen LogP) is 4.69. The van der Waals surface area contributed by atoms with Gasteiger partial charge in [-0.1, -0.05) is 48.0 Å². The Labute approximate surface area is 89.3 Å². The van der Waals surface area contributed by atoms with E-state index in [1.54, 1.807) is 6.92 Å². The molecule has 0 rings (SSSR count). The molecule has 1 unspecified atom stereocenters. The fraction of sp³-hybridized carbons (Fsp3) is 1.00. The molecule has 0 aliphatic carbocycles. The van der Waals surface area contributed by atoms with E-state index in [4.69, 9.17) is 0 Å². The topological polar surface area (TPSA) is 0 Å². The van der Waals surface area contributed by atoms with E-state index in [0.717, 1.165) is 6.42 Å². The number of hydrogen-bond donors (Lipinski definition) is 0. The third-order valence-electron chi connectivity index (χ3n) is 3.66. The normalized spacial score (nSPS) is 19.1. The molecule has 0 aliphatic rings. The Bertz CT molecular complexity index is 151. The predicted molar refractivity (Wildman–Crippen MR) is 62.1 cm³/mol. The largest absolute Gasteiger partial charge is 0.244 e. The molecule has 0 aliphatic heterocycles. The molecule has 1 heteroatoms. The highest BCUT2D eigenvalue weighted by molar-refractivity contribution is 4.90. The molecular formula is C13H27F. The van der Waals surface area contributed by atoms with Gasteiger partial charge in [-0.15, -0.1) is 0 Å². The quantitative estimate of drug-likeness (QED) is 0.606. The summed E-state index contributed by atoms with van der Waals surface area (Å²) in [5, 5.41) is 0. The molecule has 0 bridgehead atoms. The van der Waals surface area contributed by atoms with Gasteiger partial charge in [0.25, 0.3) is 0 Å². The maximum atomic E-state index is 14.7. The first-order valence-electron chi connectivity index (χ1n) is 5.94. The molecule has 0 aromatic rings. The fourth-order valence-electron chi connectivity index (χ4n) is 2.80. The summed E-state index contributed by atoms with van der Waals surface area (Å²) in [6, 6.07) is 0. The molecule has 2 atom stereocenters. The summed E-state index contributed by atoms with van der Waals surface area (Å²) < 4.78 is 14.7. The van der Waals surface area contributed by atoms with Crippen LogP contribution in [0.15, 0.2) is 0 Å². The fourth-order valence-corrected chi connectivity index (χ4v) is 2.80. The van der Waals surface area contributed by atoms with Gasteiger partial charge in [0.1, 0.15) is 5.67 Å². The zero-order valence-electron chi connectivity index (χ0n) is 10.9. The van der Waals surface area contributed by atoms with Gasteiger partial charge in [0.15, 0.2) is 0 Å². The van der Waals surface area contributed by atoms with E-state index in [9.17, 15) is 4.39 Å². The molecule has 0 saturated heterocycles. The van der Waals surface area contributed by atoms with Crippen molar-refractivity contribution in [3.63, 3.8) is 0 Å². The lowest BCUT2D eigenvalue weighted by molar-refractivity contribution is -0.00875. The average molecular weight is 202 g/mol. The number of hydrogen-bond acceptors (Lipinski definition) is 0. The lowest BCUT2D eigenvalue weighted by Crippen LogP contribution is -2.42. The van der Waals surface area contributed by atoms with Gasteiger partial charge in [0.2, 0.25) is 0 Å². The van der Waals surface area contributed by atoms with E-state index in [1.807, 2.05) is 6.92 Å². The van der Waals surface area contributed by atoms with E-state index >= 15 is 0 Å². The van der Waals surface area contributed by atoms with Gasteiger partial charge in [0.05, 0.1) is 0 Å². The number of rotatable bonds is 5. The Hall–Kier alpha value is -0.0700. The summed E-state index contributed by atoms with van der Waals surface area (Å²) in [5.74, 6) is 1.15. The highest BCUT2D eigenvalue weighted by atomic mass is 19.1. The molecule has 0 spiro atoms. The van der Waals surface area contributed by atoms with Crippen LogP contribution in [0.2, 0.25) is 0 Å². The van der Waals surface area contributed by atoms with Crippen LogP contribution in [-0.2, 0) is 0 Å². The second-order valence-electron chi connectivity index (χ2n) is 5.47. The Morgan fingerprint density at radius 3 is 1.57 bits per heavy atom. The van der Waals surface area contributed by atoms with Gasteiger partial charge in [-0.2, -0.15) is 0 Å². The van der Waals surface area contributed by atoms with Crippen molar-refractivity contribution < 1.29 is 4.39 Å². The SMILES string of the molecule is CCC(C)[C@](C)(F)C(C(C)C)C(C)C. The summed E-state index contributed by atoms with van der Waals surface area (Å²) in [6.07, 6.45) is 0.920.